The SMILES string of the molecule is Nc1c([N+](=O)[O-])cc(-c2ccccc2)cc1[N+](=O)[O-].Nc1cc(-c2ccccc2)cc(N)c1N. The van der Waals surface area contributed by atoms with E-state index >= 15 is 0 Å². The molecule has 0 unspecified atom stereocenters. The fourth-order valence-corrected chi connectivity index (χ4v) is 3.22. The maximum Gasteiger partial charge on any atom is 0.299 e. The van der Waals surface area contributed by atoms with Gasteiger partial charge in [0.05, 0.1) is 26.9 Å². The van der Waals surface area contributed by atoms with Crippen LogP contribution in [0.2, 0.25) is 0 Å². The molecule has 34 heavy (non-hydrogen) atoms. The van der Waals surface area contributed by atoms with Gasteiger partial charge in [0.25, 0.3) is 11.4 Å². The van der Waals surface area contributed by atoms with Crippen molar-refractivity contribution in [3.8, 4) is 22.3 Å². The van der Waals surface area contributed by atoms with E-state index in [1.54, 1.807) is 30.3 Å². The molecule has 8 N–H and O–H groups in total. The van der Waals surface area contributed by atoms with E-state index < -0.39 is 26.9 Å². The summed E-state index contributed by atoms with van der Waals surface area (Å²) >= 11 is 0. The van der Waals surface area contributed by atoms with Gasteiger partial charge in [-0.25, -0.2) is 0 Å². The van der Waals surface area contributed by atoms with Gasteiger partial charge in [-0.1, -0.05) is 60.7 Å². The Morgan fingerprint density at radius 1 is 0.500 bits per heavy atom. The summed E-state index contributed by atoms with van der Waals surface area (Å²) in [5, 5.41) is 21.8. The van der Waals surface area contributed by atoms with Crippen molar-refractivity contribution in [2.75, 3.05) is 22.9 Å². The molecule has 0 heterocycles. The molecule has 10 nitrogen and oxygen atoms in total. The van der Waals surface area contributed by atoms with Gasteiger partial charge in [-0.2, -0.15) is 0 Å². The zero-order valence-corrected chi connectivity index (χ0v) is 17.9. The van der Waals surface area contributed by atoms with E-state index in [9.17, 15) is 20.2 Å². The Morgan fingerprint density at radius 2 is 0.853 bits per heavy atom. The van der Waals surface area contributed by atoms with Gasteiger partial charge in [-0.3, -0.25) is 20.2 Å². The number of nitrogen functional groups attached to an aromatic ring is 4. The quantitative estimate of drug-likeness (QED) is 0.189. The molecule has 0 aliphatic heterocycles. The number of hydrogen-bond donors (Lipinski definition) is 4. The van der Waals surface area contributed by atoms with Crippen LogP contribution < -0.4 is 22.9 Å². The highest BCUT2D eigenvalue weighted by atomic mass is 16.6. The Balaban J connectivity index is 0.000000196. The van der Waals surface area contributed by atoms with Gasteiger partial charge in [0.2, 0.25) is 0 Å². The van der Waals surface area contributed by atoms with Crippen molar-refractivity contribution in [2.24, 2.45) is 0 Å². The van der Waals surface area contributed by atoms with Crippen LogP contribution in [-0.4, -0.2) is 9.85 Å². The maximum absolute atomic E-state index is 10.9. The lowest BCUT2D eigenvalue weighted by Crippen LogP contribution is -2.01. The fraction of sp³-hybridized carbons (Fsp3) is 0. The van der Waals surface area contributed by atoms with E-state index in [4.69, 9.17) is 22.9 Å². The van der Waals surface area contributed by atoms with E-state index in [1.807, 2.05) is 42.5 Å². The van der Waals surface area contributed by atoms with Crippen LogP contribution in [0.3, 0.4) is 0 Å². The van der Waals surface area contributed by atoms with Crippen LogP contribution in [0, 0.1) is 20.2 Å². The molecular formula is C24H22N6O4. The Kier molecular flexibility index (Phi) is 6.92. The minimum absolute atomic E-state index is 0.383. The monoisotopic (exact) mass is 458 g/mol. The molecule has 172 valence electrons. The fourth-order valence-electron chi connectivity index (χ4n) is 3.22. The van der Waals surface area contributed by atoms with Crippen LogP contribution in [0.5, 0.6) is 0 Å². The minimum atomic E-state index is -0.727. The minimum Gasteiger partial charge on any atom is -0.397 e. The molecule has 0 amide bonds. The number of rotatable bonds is 4. The highest BCUT2D eigenvalue weighted by Gasteiger charge is 2.24. The summed E-state index contributed by atoms with van der Waals surface area (Å²) in [6.07, 6.45) is 0. The molecule has 0 fully saturated rings. The number of nitrogens with zero attached hydrogens (tertiary/aromatic N) is 2. The Bertz CT molecular complexity index is 1290. The van der Waals surface area contributed by atoms with E-state index in [1.165, 1.54) is 12.1 Å². The first kappa shape index (κ1) is 23.5. The molecule has 0 bridgehead atoms. The third-order valence-corrected chi connectivity index (χ3v) is 4.99. The number of nitro benzene ring substituents is 2. The Labute approximate surface area is 194 Å². The molecule has 4 rings (SSSR count). The Hall–Kier alpha value is -5.12. The lowest BCUT2D eigenvalue weighted by atomic mass is 10.0. The van der Waals surface area contributed by atoms with Crippen molar-refractivity contribution in [3.63, 3.8) is 0 Å². The smallest absolute Gasteiger partial charge is 0.299 e. The lowest BCUT2D eigenvalue weighted by molar-refractivity contribution is -0.392. The highest BCUT2D eigenvalue weighted by molar-refractivity contribution is 5.84. The van der Waals surface area contributed by atoms with Crippen molar-refractivity contribution in [3.05, 3.63) is 105 Å². The zero-order chi connectivity index (χ0) is 24.8. The van der Waals surface area contributed by atoms with Gasteiger partial charge in [0.1, 0.15) is 0 Å². The average Bonchev–Trinajstić information content (AvgIpc) is 2.83. The summed E-state index contributed by atoms with van der Waals surface area (Å²) in [6, 6.07) is 24.7. The van der Waals surface area contributed by atoms with Crippen LogP contribution in [0.15, 0.2) is 84.9 Å². The number of hydrogen-bond acceptors (Lipinski definition) is 8. The molecule has 0 atom stereocenters. The number of nitro groups is 2. The number of nitrogens with two attached hydrogens (primary N) is 4. The number of anilines is 4. The molecule has 10 heteroatoms. The lowest BCUT2D eigenvalue weighted by Gasteiger charge is -2.08. The van der Waals surface area contributed by atoms with Crippen LogP contribution in [-0.2, 0) is 0 Å². The van der Waals surface area contributed by atoms with Gasteiger partial charge < -0.3 is 22.9 Å². The van der Waals surface area contributed by atoms with Crippen LogP contribution in [0.1, 0.15) is 0 Å². The molecule has 0 saturated heterocycles. The summed E-state index contributed by atoms with van der Waals surface area (Å²) in [5.41, 5.74) is 25.9. The Morgan fingerprint density at radius 3 is 1.21 bits per heavy atom. The normalized spacial score (nSPS) is 10.1. The largest absolute Gasteiger partial charge is 0.397 e. The van der Waals surface area contributed by atoms with Crippen molar-refractivity contribution in [2.45, 2.75) is 0 Å². The second kappa shape index (κ2) is 10.0. The molecule has 4 aromatic rings. The summed E-state index contributed by atoms with van der Waals surface area (Å²) < 4.78 is 0. The van der Waals surface area contributed by atoms with Crippen molar-refractivity contribution in [1.29, 1.82) is 0 Å². The van der Waals surface area contributed by atoms with E-state index in [0.29, 0.717) is 28.2 Å². The molecule has 0 spiro atoms. The van der Waals surface area contributed by atoms with Crippen LogP contribution in [0.4, 0.5) is 34.1 Å². The van der Waals surface area contributed by atoms with Crippen molar-refractivity contribution < 1.29 is 9.85 Å². The van der Waals surface area contributed by atoms with E-state index in [0.717, 1.165) is 11.1 Å². The maximum atomic E-state index is 10.9. The first-order valence-corrected chi connectivity index (χ1v) is 9.96. The third kappa shape index (κ3) is 5.19. The van der Waals surface area contributed by atoms with Crippen molar-refractivity contribution >= 4 is 34.1 Å². The summed E-state index contributed by atoms with van der Waals surface area (Å²) in [7, 11) is 0. The standard InChI is InChI=1S/C12H9N3O4.C12H13N3/c13-12-10(14(16)17)6-9(7-11(12)15(18)19)8-4-2-1-3-5-8;13-10-6-9(7-11(14)12(10)15)8-4-2-1-3-5-8/h1-7H,13H2;1-7H,13-15H2. The van der Waals surface area contributed by atoms with Gasteiger partial charge in [0, 0.05) is 12.1 Å². The van der Waals surface area contributed by atoms with Gasteiger partial charge >= 0.3 is 0 Å². The average molecular weight is 458 g/mol. The summed E-state index contributed by atoms with van der Waals surface area (Å²) in [5.74, 6) is 0. The summed E-state index contributed by atoms with van der Waals surface area (Å²) in [6.45, 7) is 0. The first-order valence-electron chi connectivity index (χ1n) is 9.96. The van der Waals surface area contributed by atoms with Crippen molar-refractivity contribution in [1.82, 2.24) is 0 Å². The summed E-state index contributed by atoms with van der Waals surface area (Å²) in [4.78, 5) is 20.3. The molecule has 0 radical (unpaired) electrons. The predicted octanol–water partition coefficient (Wildman–Crippen LogP) is 4.85. The van der Waals surface area contributed by atoms with Gasteiger partial charge in [-0.15, -0.1) is 0 Å². The number of benzene rings is 4. The van der Waals surface area contributed by atoms with Gasteiger partial charge in [0.15, 0.2) is 5.69 Å². The molecule has 0 aliphatic rings. The molecule has 0 aromatic heterocycles. The highest BCUT2D eigenvalue weighted by Crippen LogP contribution is 2.36. The zero-order valence-electron chi connectivity index (χ0n) is 17.9. The second-order valence-corrected chi connectivity index (χ2v) is 7.24. The van der Waals surface area contributed by atoms with E-state index in [-0.39, 0.29) is 0 Å². The van der Waals surface area contributed by atoms with Gasteiger partial charge in [-0.05, 0) is 34.4 Å². The molecule has 4 aromatic carbocycles. The van der Waals surface area contributed by atoms with Crippen LogP contribution >= 0.6 is 0 Å². The topological polar surface area (TPSA) is 190 Å². The molecule has 0 aliphatic carbocycles. The first-order chi connectivity index (χ1) is 16.2. The van der Waals surface area contributed by atoms with Crippen LogP contribution in [0.25, 0.3) is 22.3 Å². The van der Waals surface area contributed by atoms with E-state index in [2.05, 4.69) is 0 Å². The second-order valence-electron chi connectivity index (χ2n) is 7.24. The third-order valence-electron chi connectivity index (χ3n) is 4.99. The molecule has 0 saturated carbocycles. The molecular weight excluding hydrogens is 436 g/mol. The predicted molar refractivity (Wildman–Crippen MR) is 135 cm³/mol.